The second kappa shape index (κ2) is 14.9. The van der Waals surface area contributed by atoms with Crippen LogP contribution in [0.3, 0.4) is 0 Å². The number of hydrogen-bond donors (Lipinski definition) is 2. The molecule has 0 spiro atoms. The van der Waals surface area contributed by atoms with Gasteiger partial charge in [0.15, 0.2) is 17.2 Å². The zero-order valence-electron chi connectivity index (χ0n) is 27.5. The van der Waals surface area contributed by atoms with Gasteiger partial charge in [0, 0.05) is 11.1 Å². The van der Waals surface area contributed by atoms with Gasteiger partial charge in [0.05, 0.1) is 53.3 Å². The smallest absolute Gasteiger partial charge is 0.168 e. The Morgan fingerprint density at radius 3 is 1.38 bits per heavy atom. The molecule has 0 atom stereocenters. The number of rotatable bonds is 13. The lowest BCUT2D eigenvalue weighted by Gasteiger charge is -2.08. The highest BCUT2D eigenvalue weighted by Gasteiger charge is 2.19. The van der Waals surface area contributed by atoms with E-state index < -0.39 is 0 Å². The first-order chi connectivity index (χ1) is 23.1. The summed E-state index contributed by atoms with van der Waals surface area (Å²) in [5.74, 6) is 4.85. The molecule has 0 unspecified atom stereocenters. The fourth-order valence-corrected chi connectivity index (χ4v) is 5.57. The maximum atomic E-state index is 6.44. The van der Waals surface area contributed by atoms with Gasteiger partial charge in [-0.2, -0.15) is 0 Å². The molecular weight excluding hydrogens is 584 g/mol. The van der Waals surface area contributed by atoms with Crippen LogP contribution in [-0.4, -0.2) is 39.8 Å². The minimum Gasteiger partial charge on any atom is -0.489 e. The van der Waals surface area contributed by atoms with Crippen LogP contribution in [0.15, 0.2) is 48.5 Å². The standard InChI is InChI=1S/C40H42N4O3/c1-5-9-24-45-38-31-18-16-29(41-31)37(28-14-12-27(8-4)13-15-28)30-17-19-32(42-30)39(46-25-10-6-2)34-21-23-36(44-34)40(47-26-11-7-3)35-22-20-33(38)43-35/h4,12-23,43-44H,5-7,9-11,24-26H2,1-3H3. The molecule has 7 nitrogen and oxygen atoms in total. The van der Waals surface area contributed by atoms with E-state index in [4.69, 9.17) is 30.6 Å². The normalized spacial score (nSPS) is 11.9. The van der Waals surface area contributed by atoms with Crippen molar-refractivity contribution in [1.29, 1.82) is 0 Å². The average Bonchev–Trinajstić information content (AvgIpc) is 3.93. The van der Waals surface area contributed by atoms with Crippen LogP contribution in [0.25, 0.3) is 57.5 Å². The predicted molar refractivity (Wildman–Crippen MR) is 193 cm³/mol. The number of unbranched alkanes of at least 4 members (excludes halogenated alkanes) is 3. The first kappa shape index (κ1) is 31.7. The van der Waals surface area contributed by atoms with E-state index in [0.717, 1.165) is 106 Å². The first-order valence-corrected chi connectivity index (χ1v) is 16.7. The van der Waals surface area contributed by atoms with Gasteiger partial charge >= 0.3 is 0 Å². The third-order valence-corrected chi connectivity index (χ3v) is 8.18. The van der Waals surface area contributed by atoms with Crippen molar-refractivity contribution in [2.75, 3.05) is 19.8 Å². The molecule has 1 aromatic carbocycles. The Bertz CT molecular complexity index is 1880. The number of aromatic nitrogens is 4. The van der Waals surface area contributed by atoms with Crippen LogP contribution in [0.5, 0.6) is 17.2 Å². The van der Waals surface area contributed by atoms with Gasteiger partial charge in [-0.15, -0.1) is 6.42 Å². The van der Waals surface area contributed by atoms with E-state index in [2.05, 4.69) is 36.7 Å². The number of terminal acetylenes is 1. The number of aromatic amines is 2. The van der Waals surface area contributed by atoms with E-state index in [1.807, 2.05) is 72.8 Å². The van der Waals surface area contributed by atoms with E-state index in [1.165, 1.54) is 0 Å². The van der Waals surface area contributed by atoms with Crippen LogP contribution in [0.4, 0.5) is 0 Å². The molecule has 2 N–H and O–H groups in total. The van der Waals surface area contributed by atoms with Gasteiger partial charge in [-0.1, -0.05) is 58.1 Å². The molecule has 8 bridgehead atoms. The van der Waals surface area contributed by atoms with Crippen molar-refractivity contribution in [2.24, 2.45) is 0 Å². The van der Waals surface area contributed by atoms with Crippen LogP contribution in [0.1, 0.15) is 87.6 Å². The summed E-state index contributed by atoms with van der Waals surface area (Å²) in [6, 6.07) is 16.1. The molecule has 0 radical (unpaired) electrons. The highest BCUT2D eigenvalue weighted by molar-refractivity contribution is 5.91. The van der Waals surface area contributed by atoms with E-state index in [9.17, 15) is 0 Å². The quantitative estimate of drug-likeness (QED) is 0.0985. The van der Waals surface area contributed by atoms with Gasteiger partial charge in [-0.3, -0.25) is 0 Å². The van der Waals surface area contributed by atoms with Crippen molar-refractivity contribution in [1.82, 2.24) is 19.9 Å². The molecule has 0 fully saturated rings. The average molecular weight is 627 g/mol. The fourth-order valence-electron chi connectivity index (χ4n) is 5.57. The number of benzene rings is 1. The van der Waals surface area contributed by atoms with E-state index in [1.54, 1.807) is 0 Å². The van der Waals surface area contributed by atoms with Gasteiger partial charge in [0.25, 0.3) is 0 Å². The predicted octanol–water partition coefficient (Wildman–Crippen LogP) is 9.84. The summed E-state index contributed by atoms with van der Waals surface area (Å²) in [5, 5.41) is 0. The summed E-state index contributed by atoms with van der Waals surface area (Å²) in [5.41, 5.74) is 9.12. The first-order valence-electron chi connectivity index (χ1n) is 16.7. The maximum Gasteiger partial charge on any atom is 0.168 e. The van der Waals surface area contributed by atoms with Crippen molar-refractivity contribution in [3.63, 3.8) is 0 Å². The lowest BCUT2D eigenvalue weighted by atomic mass is 10.0. The molecule has 2 aliphatic rings. The van der Waals surface area contributed by atoms with Gasteiger partial charge in [0.1, 0.15) is 11.4 Å². The van der Waals surface area contributed by atoms with Crippen molar-refractivity contribution in [3.05, 3.63) is 76.9 Å². The minimum atomic E-state index is 0.584. The molecule has 5 heterocycles. The summed E-state index contributed by atoms with van der Waals surface area (Å²) < 4.78 is 19.3. The van der Waals surface area contributed by atoms with Gasteiger partial charge in [0.2, 0.25) is 0 Å². The van der Waals surface area contributed by atoms with Crippen molar-refractivity contribution in [2.45, 2.75) is 59.3 Å². The van der Waals surface area contributed by atoms with Gasteiger partial charge < -0.3 is 24.2 Å². The Morgan fingerprint density at radius 2 is 0.957 bits per heavy atom. The molecule has 2 aliphatic heterocycles. The molecule has 0 saturated carbocycles. The van der Waals surface area contributed by atoms with E-state index in [-0.39, 0.29) is 0 Å². The van der Waals surface area contributed by atoms with Crippen LogP contribution >= 0.6 is 0 Å². The minimum absolute atomic E-state index is 0.584. The lowest BCUT2D eigenvalue weighted by molar-refractivity contribution is 0.310. The van der Waals surface area contributed by atoms with Crippen molar-refractivity contribution < 1.29 is 14.2 Å². The van der Waals surface area contributed by atoms with E-state index >= 15 is 0 Å². The monoisotopic (exact) mass is 626 g/mol. The van der Waals surface area contributed by atoms with Crippen LogP contribution in [0.2, 0.25) is 0 Å². The molecule has 0 aliphatic carbocycles. The van der Waals surface area contributed by atoms with Crippen molar-refractivity contribution in [3.8, 4) is 40.7 Å². The number of nitrogens with one attached hydrogen (secondary N) is 2. The van der Waals surface area contributed by atoms with Crippen LogP contribution < -0.4 is 14.2 Å². The largest absolute Gasteiger partial charge is 0.489 e. The summed E-state index contributed by atoms with van der Waals surface area (Å²) in [6.07, 6.45) is 19.7. The highest BCUT2D eigenvalue weighted by Crippen LogP contribution is 2.37. The van der Waals surface area contributed by atoms with E-state index in [0.29, 0.717) is 31.3 Å². The second-order valence-corrected chi connectivity index (χ2v) is 11.7. The third-order valence-electron chi connectivity index (χ3n) is 8.18. The molecule has 6 rings (SSSR count). The summed E-state index contributed by atoms with van der Waals surface area (Å²) in [6.45, 7) is 8.24. The Kier molecular flexibility index (Phi) is 10.1. The Hall–Kier alpha value is -5.22. The summed E-state index contributed by atoms with van der Waals surface area (Å²) >= 11 is 0. The summed E-state index contributed by atoms with van der Waals surface area (Å²) in [7, 11) is 0. The number of hydrogen-bond acceptors (Lipinski definition) is 5. The maximum absolute atomic E-state index is 6.44. The topological polar surface area (TPSA) is 85.0 Å². The third kappa shape index (κ3) is 6.97. The molecule has 3 aromatic heterocycles. The zero-order valence-corrected chi connectivity index (χ0v) is 27.5. The number of fused-ring (bicyclic) bond motifs is 8. The number of H-pyrrole nitrogens is 2. The molecule has 0 amide bonds. The number of ether oxygens (including phenoxy) is 3. The molecule has 240 valence electrons. The van der Waals surface area contributed by atoms with Gasteiger partial charge in [-0.25, -0.2) is 9.97 Å². The number of nitrogens with zero attached hydrogens (tertiary/aromatic N) is 2. The summed E-state index contributed by atoms with van der Waals surface area (Å²) in [4.78, 5) is 17.5. The second-order valence-electron chi connectivity index (χ2n) is 11.7. The Morgan fingerprint density at radius 1 is 0.553 bits per heavy atom. The fraction of sp³-hybridized carbons (Fsp3) is 0.300. The molecule has 47 heavy (non-hydrogen) atoms. The van der Waals surface area contributed by atoms with Gasteiger partial charge in [-0.05, 0) is 85.5 Å². The highest BCUT2D eigenvalue weighted by atomic mass is 16.5. The van der Waals surface area contributed by atoms with Crippen LogP contribution in [-0.2, 0) is 0 Å². The Labute approximate surface area is 276 Å². The molecule has 0 saturated heterocycles. The SMILES string of the molecule is C#Cc1ccc(-c2c3nc(c(OCCCC)c4ccc([nH]4)c(OCCCC)c4ccc([nH]4)c(OCCCC)c4nc2C=C4)C=C3)cc1. The molecule has 4 aromatic rings. The van der Waals surface area contributed by atoms with Crippen molar-refractivity contribution >= 4 is 46.4 Å². The zero-order chi connectivity index (χ0) is 32.6. The lowest BCUT2D eigenvalue weighted by Crippen LogP contribution is -1.99. The molecular formula is C40H42N4O3. The van der Waals surface area contributed by atoms with Crippen LogP contribution in [0, 0.1) is 12.3 Å². The Balaban J connectivity index is 1.69. The molecule has 7 heteroatoms.